The van der Waals surface area contributed by atoms with Crippen molar-refractivity contribution in [1.29, 1.82) is 0 Å². The predicted octanol–water partition coefficient (Wildman–Crippen LogP) is 3.39. The fourth-order valence-corrected chi connectivity index (χ4v) is 2.28. The van der Waals surface area contributed by atoms with Crippen molar-refractivity contribution in [3.05, 3.63) is 23.9 Å². The second kappa shape index (κ2) is 5.59. The Morgan fingerprint density at radius 2 is 2.05 bits per heavy atom. The summed E-state index contributed by atoms with van der Waals surface area (Å²) in [5.74, 6) is 0.324. The van der Waals surface area contributed by atoms with Crippen LogP contribution in [0.4, 0.5) is 5.82 Å². The molecule has 2 rings (SSSR count). The molecule has 0 unspecified atom stereocenters. The summed E-state index contributed by atoms with van der Waals surface area (Å²) in [7, 11) is 0. The van der Waals surface area contributed by atoms with Crippen molar-refractivity contribution in [2.45, 2.75) is 58.1 Å². The lowest BCUT2D eigenvalue weighted by atomic mass is 10.1. The minimum atomic E-state index is -0.489. The van der Waals surface area contributed by atoms with Crippen LogP contribution in [0.2, 0.25) is 0 Å². The van der Waals surface area contributed by atoms with Gasteiger partial charge in [0.15, 0.2) is 0 Å². The van der Waals surface area contributed by atoms with E-state index in [9.17, 15) is 4.79 Å². The van der Waals surface area contributed by atoms with Gasteiger partial charge in [-0.3, -0.25) is 0 Å². The van der Waals surface area contributed by atoms with E-state index in [-0.39, 0.29) is 5.97 Å². The molecule has 1 N–H and O–H groups in total. The van der Waals surface area contributed by atoms with Crippen LogP contribution in [-0.2, 0) is 4.74 Å². The third-order valence-electron chi connectivity index (χ3n) is 3.12. The lowest BCUT2D eigenvalue weighted by Gasteiger charge is -2.21. The van der Waals surface area contributed by atoms with Gasteiger partial charge in [-0.15, -0.1) is 0 Å². The van der Waals surface area contributed by atoms with E-state index >= 15 is 0 Å². The number of hydrogen-bond donors (Lipinski definition) is 1. The molecule has 1 aromatic heterocycles. The van der Waals surface area contributed by atoms with Gasteiger partial charge in [0.25, 0.3) is 0 Å². The highest BCUT2D eigenvalue weighted by atomic mass is 16.6. The molecule has 1 aromatic rings. The molecule has 1 saturated carbocycles. The maximum atomic E-state index is 12.2. The fraction of sp³-hybridized carbons (Fsp3) is 0.600. The van der Waals surface area contributed by atoms with E-state index in [1.165, 1.54) is 12.8 Å². The lowest BCUT2D eigenvalue weighted by Crippen LogP contribution is -2.25. The Morgan fingerprint density at radius 3 is 2.68 bits per heavy atom. The molecule has 4 nitrogen and oxygen atoms in total. The van der Waals surface area contributed by atoms with Gasteiger partial charge in [0.05, 0.1) is 0 Å². The first kappa shape index (κ1) is 13.8. The van der Waals surface area contributed by atoms with Crippen LogP contribution in [0.15, 0.2) is 18.3 Å². The van der Waals surface area contributed by atoms with Crippen LogP contribution in [-0.4, -0.2) is 22.6 Å². The number of nitrogens with one attached hydrogen (secondary N) is 1. The number of anilines is 1. The van der Waals surface area contributed by atoms with E-state index in [1.807, 2.05) is 20.8 Å². The van der Waals surface area contributed by atoms with Gasteiger partial charge in [-0.05, 0) is 45.7 Å². The zero-order valence-electron chi connectivity index (χ0n) is 11.9. The van der Waals surface area contributed by atoms with Gasteiger partial charge < -0.3 is 10.1 Å². The molecule has 1 heterocycles. The quantitative estimate of drug-likeness (QED) is 0.848. The Kier molecular flexibility index (Phi) is 4.08. The number of rotatable bonds is 3. The summed E-state index contributed by atoms with van der Waals surface area (Å²) in [5.41, 5.74) is 0.0294. The Hall–Kier alpha value is -1.58. The maximum absolute atomic E-state index is 12.2. The SMILES string of the molecule is CC(C)(C)OC(=O)c1cccnc1NC1CCCC1. The molecule has 1 aliphatic carbocycles. The third-order valence-corrected chi connectivity index (χ3v) is 3.12. The number of ether oxygens (including phenoxy) is 1. The van der Waals surface area contributed by atoms with Crippen molar-refractivity contribution in [3.63, 3.8) is 0 Å². The van der Waals surface area contributed by atoms with Crippen molar-refractivity contribution in [2.75, 3.05) is 5.32 Å². The van der Waals surface area contributed by atoms with Gasteiger partial charge in [-0.1, -0.05) is 12.8 Å². The predicted molar refractivity (Wildman–Crippen MR) is 75.3 cm³/mol. The van der Waals surface area contributed by atoms with E-state index in [4.69, 9.17) is 4.74 Å². The summed E-state index contributed by atoms with van der Waals surface area (Å²) in [6.45, 7) is 5.60. The van der Waals surface area contributed by atoms with Crippen molar-refractivity contribution < 1.29 is 9.53 Å². The van der Waals surface area contributed by atoms with E-state index in [1.54, 1.807) is 18.3 Å². The Bertz CT molecular complexity index is 446. The van der Waals surface area contributed by atoms with Crippen LogP contribution in [0.5, 0.6) is 0 Å². The first-order chi connectivity index (χ1) is 8.96. The molecule has 4 heteroatoms. The molecule has 0 amide bonds. The zero-order chi connectivity index (χ0) is 13.9. The summed E-state index contributed by atoms with van der Waals surface area (Å²) in [5, 5.41) is 3.36. The minimum Gasteiger partial charge on any atom is -0.456 e. The number of nitrogens with zero attached hydrogens (tertiary/aromatic N) is 1. The number of carbonyl (C=O) groups is 1. The van der Waals surface area contributed by atoms with Gasteiger partial charge in [-0.25, -0.2) is 9.78 Å². The van der Waals surface area contributed by atoms with Crippen LogP contribution < -0.4 is 5.32 Å². The van der Waals surface area contributed by atoms with Crippen LogP contribution in [0.3, 0.4) is 0 Å². The first-order valence-corrected chi connectivity index (χ1v) is 6.90. The van der Waals surface area contributed by atoms with Crippen LogP contribution in [0.1, 0.15) is 56.8 Å². The number of esters is 1. The molecule has 1 fully saturated rings. The topological polar surface area (TPSA) is 51.2 Å². The second-order valence-corrected chi connectivity index (χ2v) is 6.03. The summed E-state index contributed by atoms with van der Waals surface area (Å²) in [6, 6.07) is 3.95. The zero-order valence-corrected chi connectivity index (χ0v) is 11.9. The summed E-state index contributed by atoms with van der Waals surface area (Å²) in [4.78, 5) is 16.4. The smallest absolute Gasteiger partial charge is 0.342 e. The number of pyridine rings is 1. The van der Waals surface area contributed by atoms with Crippen molar-refractivity contribution >= 4 is 11.8 Å². The normalized spacial score (nSPS) is 16.4. The van der Waals surface area contributed by atoms with Crippen LogP contribution >= 0.6 is 0 Å². The second-order valence-electron chi connectivity index (χ2n) is 6.03. The standard InChI is InChI=1S/C15H22N2O2/c1-15(2,3)19-14(18)12-9-6-10-16-13(12)17-11-7-4-5-8-11/h6,9-11H,4-5,7-8H2,1-3H3,(H,16,17). The first-order valence-electron chi connectivity index (χ1n) is 6.90. The molecule has 0 radical (unpaired) electrons. The molecule has 0 bridgehead atoms. The van der Waals surface area contributed by atoms with E-state index < -0.39 is 5.60 Å². The molecule has 0 aromatic carbocycles. The van der Waals surface area contributed by atoms with Gasteiger partial charge in [0.1, 0.15) is 17.0 Å². The molecule has 0 atom stereocenters. The van der Waals surface area contributed by atoms with E-state index in [0.29, 0.717) is 17.4 Å². The summed E-state index contributed by atoms with van der Waals surface area (Å²) < 4.78 is 5.41. The van der Waals surface area contributed by atoms with Crippen LogP contribution in [0.25, 0.3) is 0 Å². The number of aromatic nitrogens is 1. The molecule has 104 valence electrons. The number of carbonyl (C=O) groups excluding carboxylic acids is 1. The summed E-state index contributed by atoms with van der Waals surface area (Å²) >= 11 is 0. The largest absolute Gasteiger partial charge is 0.456 e. The lowest BCUT2D eigenvalue weighted by molar-refractivity contribution is 0.00703. The average molecular weight is 262 g/mol. The maximum Gasteiger partial charge on any atom is 0.342 e. The van der Waals surface area contributed by atoms with Crippen LogP contribution in [0, 0.1) is 0 Å². The highest BCUT2D eigenvalue weighted by Gasteiger charge is 2.23. The Balaban J connectivity index is 2.13. The van der Waals surface area contributed by atoms with Gasteiger partial charge in [-0.2, -0.15) is 0 Å². The molecule has 0 saturated heterocycles. The Labute approximate surface area is 114 Å². The van der Waals surface area contributed by atoms with Crippen molar-refractivity contribution in [2.24, 2.45) is 0 Å². The van der Waals surface area contributed by atoms with Gasteiger partial charge in [0, 0.05) is 12.2 Å². The molecule has 19 heavy (non-hydrogen) atoms. The number of hydrogen-bond acceptors (Lipinski definition) is 4. The third kappa shape index (κ3) is 3.94. The molecule has 1 aliphatic rings. The average Bonchev–Trinajstić information content (AvgIpc) is 2.80. The monoisotopic (exact) mass is 262 g/mol. The molecule has 0 aliphatic heterocycles. The Morgan fingerprint density at radius 1 is 1.37 bits per heavy atom. The van der Waals surface area contributed by atoms with E-state index in [0.717, 1.165) is 12.8 Å². The highest BCUT2D eigenvalue weighted by Crippen LogP contribution is 2.24. The molecular weight excluding hydrogens is 240 g/mol. The molecular formula is C15H22N2O2. The minimum absolute atomic E-state index is 0.318. The fourth-order valence-electron chi connectivity index (χ4n) is 2.28. The van der Waals surface area contributed by atoms with Gasteiger partial charge >= 0.3 is 5.97 Å². The van der Waals surface area contributed by atoms with Gasteiger partial charge in [0.2, 0.25) is 0 Å². The van der Waals surface area contributed by atoms with Crippen molar-refractivity contribution in [3.8, 4) is 0 Å². The molecule has 0 spiro atoms. The highest BCUT2D eigenvalue weighted by molar-refractivity contribution is 5.94. The van der Waals surface area contributed by atoms with Crippen molar-refractivity contribution in [1.82, 2.24) is 4.98 Å². The summed E-state index contributed by atoms with van der Waals surface area (Å²) in [6.07, 6.45) is 6.47. The van der Waals surface area contributed by atoms with E-state index in [2.05, 4.69) is 10.3 Å².